The van der Waals surface area contributed by atoms with Gasteiger partial charge in [-0.15, -0.1) is 0 Å². The van der Waals surface area contributed by atoms with Crippen molar-refractivity contribution in [1.82, 2.24) is 9.97 Å². The fraction of sp³-hybridized carbons (Fsp3) is 0.200. The molecular weight excluding hydrogens is 272 g/mol. The Balaban J connectivity index is 2.25. The third-order valence-electron chi connectivity index (χ3n) is 2.81. The summed E-state index contributed by atoms with van der Waals surface area (Å²) in [6, 6.07) is 9.07. The van der Waals surface area contributed by atoms with Crippen molar-refractivity contribution in [3.63, 3.8) is 0 Å². The van der Waals surface area contributed by atoms with Crippen LogP contribution < -0.4 is 5.11 Å². The fourth-order valence-electron chi connectivity index (χ4n) is 1.90. The Labute approximate surface area is 121 Å². The molecule has 1 aromatic heterocycles. The third-order valence-corrected chi connectivity index (χ3v) is 2.81. The van der Waals surface area contributed by atoms with E-state index in [9.17, 15) is 14.7 Å². The van der Waals surface area contributed by atoms with Crippen LogP contribution in [-0.4, -0.2) is 21.9 Å². The number of aromatic nitrogens is 2. The lowest BCUT2D eigenvalue weighted by molar-refractivity contribution is -0.255. The minimum atomic E-state index is -1.53. The number of ether oxygens (including phenoxy) is 1. The zero-order valence-corrected chi connectivity index (χ0v) is 11.6. The summed E-state index contributed by atoms with van der Waals surface area (Å²) in [7, 11) is 0. The van der Waals surface area contributed by atoms with Gasteiger partial charge in [0.15, 0.2) is 0 Å². The average Bonchev–Trinajstić information content (AvgIpc) is 2.45. The summed E-state index contributed by atoms with van der Waals surface area (Å²) in [6.45, 7) is 3.11. The predicted molar refractivity (Wildman–Crippen MR) is 71.4 cm³/mol. The first-order valence-corrected chi connectivity index (χ1v) is 6.26. The molecule has 108 valence electrons. The minimum Gasteiger partial charge on any atom is -0.543 e. The van der Waals surface area contributed by atoms with E-state index in [1.807, 2.05) is 18.2 Å². The lowest BCUT2D eigenvalue weighted by Crippen LogP contribution is -2.28. The molecule has 0 saturated heterocycles. The van der Waals surface area contributed by atoms with Crippen LogP contribution in [0.5, 0.6) is 0 Å². The van der Waals surface area contributed by atoms with E-state index in [1.165, 1.54) is 6.92 Å². The van der Waals surface area contributed by atoms with E-state index in [0.717, 1.165) is 5.56 Å². The summed E-state index contributed by atoms with van der Waals surface area (Å²) in [4.78, 5) is 30.9. The van der Waals surface area contributed by atoms with Crippen molar-refractivity contribution in [1.29, 1.82) is 0 Å². The van der Waals surface area contributed by atoms with Crippen LogP contribution in [0.25, 0.3) is 0 Å². The zero-order valence-electron chi connectivity index (χ0n) is 11.6. The van der Waals surface area contributed by atoms with E-state index in [4.69, 9.17) is 4.74 Å². The number of carbonyl (C=O) groups excluding carboxylic acids is 2. The van der Waals surface area contributed by atoms with Crippen molar-refractivity contribution in [2.24, 2.45) is 0 Å². The lowest BCUT2D eigenvalue weighted by atomic mass is 10.1. The van der Waals surface area contributed by atoms with Crippen LogP contribution >= 0.6 is 0 Å². The molecule has 2 aromatic rings. The molecule has 0 atom stereocenters. The van der Waals surface area contributed by atoms with Gasteiger partial charge in [-0.1, -0.05) is 30.3 Å². The molecule has 0 aliphatic heterocycles. The monoisotopic (exact) mass is 285 g/mol. The molecule has 1 aromatic carbocycles. The quantitative estimate of drug-likeness (QED) is 0.772. The fourth-order valence-corrected chi connectivity index (χ4v) is 1.90. The Bertz CT molecular complexity index is 684. The van der Waals surface area contributed by atoms with Gasteiger partial charge in [0, 0.05) is 0 Å². The van der Waals surface area contributed by atoms with Crippen LogP contribution in [0.1, 0.15) is 37.9 Å². The van der Waals surface area contributed by atoms with Gasteiger partial charge in [0.05, 0.1) is 11.7 Å². The lowest BCUT2D eigenvalue weighted by Gasteiger charge is -2.12. The molecule has 0 spiro atoms. The summed E-state index contributed by atoms with van der Waals surface area (Å²) in [5.41, 5.74) is 0.431. The SMILES string of the molecule is Cc1nc(C)c(C(=O)OCc2ccccc2)c(C(=O)[O-])n1. The van der Waals surface area contributed by atoms with Crippen molar-refractivity contribution < 1.29 is 19.4 Å². The number of hydrogen-bond donors (Lipinski definition) is 0. The van der Waals surface area contributed by atoms with Gasteiger partial charge in [-0.25, -0.2) is 14.8 Å². The first-order valence-electron chi connectivity index (χ1n) is 6.26. The normalized spacial score (nSPS) is 10.2. The Kier molecular flexibility index (Phi) is 4.27. The molecule has 0 fully saturated rings. The maximum Gasteiger partial charge on any atom is 0.342 e. The van der Waals surface area contributed by atoms with E-state index < -0.39 is 17.6 Å². The van der Waals surface area contributed by atoms with E-state index in [0.29, 0.717) is 0 Å². The number of benzene rings is 1. The number of esters is 1. The summed E-state index contributed by atoms with van der Waals surface area (Å²) >= 11 is 0. The van der Waals surface area contributed by atoms with Crippen LogP contribution in [0.15, 0.2) is 30.3 Å². The Hall–Kier alpha value is -2.76. The van der Waals surface area contributed by atoms with Gasteiger partial charge in [-0.2, -0.15) is 0 Å². The molecule has 2 rings (SSSR count). The smallest absolute Gasteiger partial charge is 0.342 e. The van der Waals surface area contributed by atoms with Crippen molar-refractivity contribution in [3.8, 4) is 0 Å². The second-order valence-electron chi connectivity index (χ2n) is 4.43. The topological polar surface area (TPSA) is 92.2 Å². The number of nitrogens with zero attached hydrogens (tertiary/aromatic N) is 2. The number of rotatable bonds is 4. The zero-order chi connectivity index (χ0) is 15.4. The van der Waals surface area contributed by atoms with E-state index in [-0.39, 0.29) is 23.7 Å². The molecule has 1 heterocycles. The van der Waals surface area contributed by atoms with E-state index in [2.05, 4.69) is 9.97 Å². The Morgan fingerprint density at radius 2 is 1.81 bits per heavy atom. The highest BCUT2D eigenvalue weighted by Gasteiger charge is 2.20. The maximum absolute atomic E-state index is 12.1. The molecule has 0 unspecified atom stereocenters. The van der Waals surface area contributed by atoms with Crippen LogP contribution in [0.2, 0.25) is 0 Å². The molecule has 0 aliphatic rings. The van der Waals surface area contributed by atoms with Crippen LogP contribution in [0, 0.1) is 13.8 Å². The van der Waals surface area contributed by atoms with E-state index in [1.54, 1.807) is 19.1 Å². The molecule has 21 heavy (non-hydrogen) atoms. The summed E-state index contributed by atoms with van der Waals surface area (Å²) < 4.78 is 5.12. The molecule has 0 bridgehead atoms. The maximum atomic E-state index is 12.1. The van der Waals surface area contributed by atoms with Crippen molar-refractivity contribution >= 4 is 11.9 Å². The first kappa shape index (κ1) is 14.6. The second kappa shape index (κ2) is 6.13. The molecule has 0 N–H and O–H groups in total. The van der Waals surface area contributed by atoms with Gasteiger partial charge in [-0.3, -0.25) is 0 Å². The minimum absolute atomic E-state index is 0.0411. The summed E-state index contributed by atoms with van der Waals surface area (Å²) in [5.74, 6) is -2.06. The number of aromatic carboxylic acids is 1. The highest BCUT2D eigenvalue weighted by molar-refractivity contribution is 6.01. The van der Waals surface area contributed by atoms with Gasteiger partial charge in [0.25, 0.3) is 0 Å². The van der Waals surface area contributed by atoms with Gasteiger partial charge >= 0.3 is 5.97 Å². The number of aryl methyl sites for hydroxylation is 2. The molecule has 0 radical (unpaired) electrons. The third kappa shape index (κ3) is 3.42. The average molecular weight is 285 g/mol. The molecule has 0 amide bonds. The molecule has 0 saturated carbocycles. The molecule has 6 heteroatoms. The predicted octanol–water partition coefficient (Wildman–Crippen LogP) is 0.814. The van der Waals surface area contributed by atoms with E-state index >= 15 is 0 Å². The first-order chi connectivity index (χ1) is 9.99. The van der Waals surface area contributed by atoms with Crippen LogP contribution in [0.3, 0.4) is 0 Å². The van der Waals surface area contributed by atoms with Gasteiger partial charge in [-0.05, 0) is 19.4 Å². The Morgan fingerprint density at radius 3 is 2.43 bits per heavy atom. The Morgan fingerprint density at radius 1 is 1.14 bits per heavy atom. The molecule has 6 nitrogen and oxygen atoms in total. The number of carboxylic acids is 1. The van der Waals surface area contributed by atoms with Crippen molar-refractivity contribution in [2.45, 2.75) is 20.5 Å². The van der Waals surface area contributed by atoms with Crippen molar-refractivity contribution in [2.75, 3.05) is 0 Å². The van der Waals surface area contributed by atoms with Gasteiger partial charge in [0.1, 0.15) is 23.7 Å². The largest absolute Gasteiger partial charge is 0.543 e. The molecular formula is C15H13N2O4-. The van der Waals surface area contributed by atoms with Gasteiger partial charge < -0.3 is 14.6 Å². The summed E-state index contributed by atoms with van der Waals surface area (Å²) in [6.07, 6.45) is 0. The standard InChI is InChI=1S/C15H14N2O4/c1-9-12(13(14(18)19)17-10(2)16-9)15(20)21-8-11-6-4-3-5-7-11/h3-7H,8H2,1-2H3,(H,18,19)/p-1. The van der Waals surface area contributed by atoms with Crippen molar-refractivity contribution in [3.05, 3.63) is 58.7 Å². The van der Waals surface area contributed by atoms with Gasteiger partial charge in [0.2, 0.25) is 0 Å². The molecule has 0 aliphatic carbocycles. The van der Waals surface area contributed by atoms with Crippen LogP contribution in [0.4, 0.5) is 0 Å². The number of carboxylic acid groups (broad SMARTS) is 1. The highest BCUT2D eigenvalue weighted by atomic mass is 16.5. The highest BCUT2D eigenvalue weighted by Crippen LogP contribution is 2.13. The van der Waals surface area contributed by atoms with Crippen LogP contribution in [-0.2, 0) is 11.3 Å². The second-order valence-corrected chi connectivity index (χ2v) is 4.43. The number of hydrogen-bond acceptors (Lipinski definition) is 6. The number of carbonyl (C=O) groups is 2. The summed E-state index contributed by atoms with van der Waals surface area (Å²) in [5, 5.41) is 11.1.